The summed E-state index contributed by atoms with van der Waals surface area (Å²) in [5.74, 6) is -0.181. The first-order valence-corrected chi connectivity index (χ1v) is 20.9. The average Bonchev–Trinajstić information content (AvgIpc) is 3.74. The van der Waals surface area contributed by atoms with Gasteiger partial charge in [-0.05, 0) is 115 Å². The lowest BCUT2D eigenvalue weighted by atomic mass is 9.77. The van der Waals surface area contributed by atoms with Crippen LogP contribution in [0.25, 0.3) is 5.57 Å². The first-order valence-electron chi connectivity index (χ1n) is 20.9. The smallest absolute Gasteiger partial charge is 0.423 e. The highest BCUT2D eigenvalue weighted by molar-refractivity contribution is 6.59. The predicted molar refractivity (Wildman–Crippen MR) is 252 cm³/mol. The van der Waals surface area contributed by atoms with Crippen LogP contribution in [0.4, 0.5) is 10.0 Å². The number of nitrogens with zero attached hydrogens (tertiary/aromatic N) is 4. The van der Waals surface area contributed by atoms with Crippen LogP contribution in [0, 0.1) is 13.8 Å². The van der Waals surface area contributed by atoms with E-state index in [1.165, 1.54) is 0 Å². The van der Waals surface area contributed by atoms with E-state index in [4.69, 9.17) is 4.99 Å². The number of anilines is 1. The SMILES string of the molecule is C=C(C)C(=O)NCCCN(Cc1ccc(CN(Cc2ccccc2B(O)O)c2ccc(/C(=C3/N=C(C)C=C3C)c3c(C)cc(C)n3BF)cc2)cc1)Cc1ccccc1B(O)O. The van der Waals surface area contributed by atoms with Gasteiger partial charge in [0.2, 0.25) is 5.91 Å². The van der Waals surface area contributed by atoms with Crippen LogP contribution in [-0.2, 0) is 31.0 Å². The van der Waals surface area contributed by atoms with Crippen molar-refractivity contribution in [3.63, 3.8) is 0 Å². The number of amides is 1. The highest BCUT2D eigenvalue weighted by atomic mass is 19.1. The monoisotopic (exact) mass is 833 g/mol. The Labute approximate surface area is 366 Å². The molecule has 5 aromatic rings. The van der Waals surface area contributed by atoms with Gasteiger partial charge in [-0.1, -0.05) is 91.5 Å². The van der Waals surface area contributed by atoms with E-state index >= 15 is 0 Å². The lowest BCUT2D eigenvalue weighted by Gasteiger charge is -2.27. The predicted octanol–water partition coefficient (Wildman–Crippen LogP) is 5.02. The zero-order valence-corrected chi connectivity index (χ0v) is 36.3. The van der Waals surface area contributed by atoms with Crippen molar-refractivity contribution < 1.29 is 29.2 Å². The number of carbonyl (C=O) groups excluding carboxylic acids is 1. The van der Waals surface area contributed by atoms with Gasteiger partial charge < -0.3 is 39.1 Å². The third-order valence-electron chi connectivity index (χ3n) is 11.2. The van der Waals surface area contributed by atoms with E-state index in [0.29, 0.717) is 62.2 Å². The molecule has 0 radical (unpaired) electrons. The van der Waals surface area contributed by atoms with Gasteiger partial charge in [-0.2, -0.15) is 0 Å². The van der Waals surface area contributed by atoms with Gasteiger partial charge in [0, 0.05) is 73.2 Å². The number of halogens is 1. The molecular formula is C48H55B3FN5O5. The summed E-state index contributed by atoms with van der Waals surface area (Å²) in [5, 5.41) is 43.6. The number of benzene rings is 4. The number of allylic oxidation sites excluding steroid dienone is 2. The van der Waals surface area contributed by atoms with Gasteiger partial charge in [-0.3, -0.25) is 14.7 Å². The maximum absolute atomic E-state index is 14.6. The number of aryl methyl sites for hydroxylation is 2. The maximum Gasteiger partial charge on any atom is 0.488 e. The van der Waals surface area contributed by atoms with Gasteiger partial charge in [-0.15, -0.1) is 0 Å². The van der Waals surface area contributed by atoms with Crippen molar-refractivity contribution in [1.82, 2.24) is 14.7 Å². The lowest BCUT2D eigenvalue weighted by Crippen LogP contribution is -2.36. The number of hydrogen-bond donors (Lipinski definition) is 5. The number of hydrogen-bond acceptors (Lipinski definition) is 8. The van der Waals surface area contributed by atoms with Gasteiger partial charge >= 0.3 is 21.9 Å². The van der Waals surface area contributed by atoms with Gasteiger partial charge in [0.25, 0.3) is 0 Å². The van der Waals surface area contributed by atoms with Crippen LogP contribution in [0.15, 0.2) is 138 Å². The normalized spacial score (nSPS) is 13.1. The molecule has 5 N–H and O–H groups in total. The molecule has 0 fully saturated rings. The quantitative estimate of drug-likeness (QED) is 0.0449. The standard InChI is InChI=1S/C48H55B3FN5O5/c1-32(2)48(58)53-24-11-25-55(30-40-12-7-9-14-43(40)50(59)60)28-37-16-18-38(19-17-37)29-56(31-41-13-8-10-15-44(41)51(61)62)42-22-20-39(21-23-42)45(46-33(3)26-35(5)54-46)47-34(4)27-36(6)57(47)49-52/h7-10,12-23,26-27,49,59-62H,1,11,24-25,28-31H2,2-6H3,(H,53,58)/b46-45-. The molecule has 6 rings (SSSR count). The zero-order valence-electron chi connectivity index (χ0n) is 36.3. The van der Waals surface area contributed by atoms with Crippen LogP contribution < -0.4 is 21.1 Å². The van der Waals surface area contributed by atoms with Crippen LogP contribution >= 0.6 is 0 Å². The summed E-state index contributed by atoms with van der Waals surface area (Å²) in [4.78, 5) is 21.4. The van der Waals surface area contributed by atoms with E-state index in [1.54, 1.807) is 35.7 Å². The summed E-state index contributed by atoms with van der Waals surface area (Å²) >= 11 is 0. The van der Waals surface area contributed by atoms with Crippen LogP contribution in [-0.4, -0.2) is 76.1 Å². The number of aromatic nitrogens is 1. The molecule has 0 bridgehead atoms. The Hall–Kier alpha value is -5.76. The van der Waals surface area contributed by atoms with Gasteiger partial charge in [0.15, 0.2) is 0 Å². The van der Waals surface area contributed by atoms with Crippen molar-refractivity contribution in [3.8, 4) is 0 Å². The second-order valence-corrected chi connectivity index (χ2v) is 16.1. The van der Waals surface area contributed by atoms with Crippen LogP contribution in [0.1, 0.15) is 72.0 Å². The summed E-state index contributed by atoms with van der Waals surface area (Å²) in [7, 11) is -3.89. The van der Waals surface area contributed by atoms with Crippen LogP contribution in [0.3, 0.4) is 0 Å². The topological polar surface area (TPSA) is 134 Å². The second kappa shape index (κ2) is 20.9. The van der Waals surface area contributed by atoms with Gasteiger partial charge in [0.1, 0.15) is 0 Å². The molecule has 1 aliphatic rings. The van der Waals surface area contributed by atoms with E-state index in [0.717, 1.165) is 73.0 Å². The Morgan fingerprint density at radius 3 is 1.94 bits per heavy atom. The Kier molecular flexibility index (Phi) is 15.4. The van der Waals surface area contributed by atoms with E-state index in [1.807, 2.05) is 76.2 Å². The molecule has 10 nitrogen and oxygen atoms in total. The molecule has 62 heavy (non-hydrogen) atoms. The number of nitrogens with one attached hydrogen (secondary N) is 1. The minimum atomic E-state index is -1.63. The Morgan fingerprint density at radius 1 is 0.806 bits per heavy atom. The molecule has 2 heterocycles. The minimum Gasteiger partial charge on any atom is -0.423 e. The number of rotatable bonds is 19. The fourth-order valence-corrected chi connectivity index (χ4v) is 8.13. The summed E-state index contributed by atoms with van der Waals surface area (Å²) in [6.07, 6.45) is 2.73. The Bertz CT molecular complexity index is 2480. The Balaban J connectivity index is 1.29. The number of aliphatic imine (C=N–C) groups is 1. The highest BCUT2D eigenvalue weighted by Crippen LogP contribution is 2.37. The van der Waals surface area contributed by atoms with Crippen molar-refractivity contribution in [3.05, 3.63) is 177 Å². The average molecular weight is 833 g/mol. The zero-order chi connectivity index (χ0) is 44.5. The highest BCUT2D eigenvalue weighted by Gasteiger charge is 2.24. The molecule has 4 aromatic carbocycles. The van der Waals surface area contributed by atoms with Crippen molar-refractivity contribution in [2.75, 3.05) is 18.0 Å². The largest absolute Gasteiger partial charge is 0.488 e. The van der Waals surface area contributed by atoms with Gasteiger partial charge in [-0.25, -0.2) is 0 Å². The first kappa shape index (κ1) is 45.8. The molecule has 0 unspecified atom stereocenters. The molecule has 0 aliphatic carbocycles. The van der Waals surface area contributed by atoms with E-state index in [2.05, 4.69) is 58.1 Å². The molecule has 14 heteroatoms. The maximum atomic E-state index is 14.6. The third kappa shape index (κ3) is 11.2. The molecule has 0 saturated heterocycles. The van der Waals surface area contributed by atoms with Crippen molar-refractivity contribution >= 4 is 55.7 Å². The molecule has 1 aromatic heterocycles. The molecule has 0 spiro atoms. The minimum absolute atomic E-state index is 0.181. The summed E-state index contributed by atoms with van der Waals surface area (Å²) in [6, 6.07) is 33.1. The van der Waals surface area contributed by atoms with Crippen molar-refractivity contribution in [1.29, 1.82) is 0 Å². The molecule has 1 amide bonds. The molecule has 318 valence electrons. The fraction of sp³-hybridized carbons (Fsp3) is 0.250. The molecular weight excluding hydrogens is 778 g/mol. The summed E-state index contributed by atoms with van der Waals surface area (Å²) in [6.45, 7) is 16.4. The molecule has 0 saturated carbocycles. The second-order valence-electron chi connectivity index (χ2n) is 16.1. The first-order chi connectivity index (χ1) is 29.7. The van der Waals surface area contributed by atoms with Crippen LogP contribution in [0.2, 0.25) is 0 Å². The lowest BCUT2D eigenvalue weighted by molar-refractivity contribution is -0.117. The summed E-state index contributed by atoms with van der Waals surface area (Å²) < 4.78 is 16.3. The number of carbonyl (C=O) groups is 1. The van der Waals surface area contributed by atoms with Gasteiger partial charge in [0.05, 0.1) is 5.70 Å². The van der Waals surface area contributed by atoms with E-state index in [-0.39, 0.29) is 5.91 Å². The third-order valence-corrected chi connectivity index (χ3v) is 11.2. The van der Waals surface area contributed by atoms with E-state index < -0.39 is 21.9 Å². The van der Waals surface area contributed by atoms with E-state index in [9.17, 15) is 29.2 Å². The molecule has 1 aliphatic heterocycles. The summed E-state index contributed by atoms with van der Waals surface area (Å²) in [5.41, 5.74) is 13.0. The van der Waals surface area contributed by atoms with Crippen LogP contribution in [0.5, 0.6) is 0 Å². The van der Waals surface area contributed by atoms with Crippen molar-refractivity contribution in [2.24, 2.45) is 4.99 Å². The fourth-order valence-electron chi connectivity index (χ4n) is 8.13. The Morgan fingerprint density at radius 2 is 1.39 bits per heavy atom. The molecule has 0 atom stereocenters. The van der Waals surface area contributed by atoms with Crippen molar-refractivity contribution in [2.45, 2.75) is 67.2 Å².